The monoisotopic (exact) mass is 511 g/mol. The van der Waals surface area contributed by atoms with Gasteiger partial charge in [-0.1, -0.05) is 109 Å². The number of nitrogens with zero attached hydrogens (tertiary/aromatic N) is 1. The van der Waals surface area contributed by atoms with Crippen LogP contribution in [-0.4, -0.2) is 10.2 Å². The van der Waals surface area contributed by atoms with Crippen LogP contribution in [-0.2, 0) is 0 Å². The highest BCUT2D eigenvalue weighted by atomic mass is 32.2. The highest BCUT2D eigenvalue weighted by Gasteiger charge is 2.20. The smallest absolute Gasteiger partial charge is 0.143 e. The first-order chi connectivity index (χ1) is 18.6. The van der Waals surface area contributed by atoms with Gasteiger partial charge in [0.2, 0.25) is 0 Å². The lowest BCUT2D eigenvalue weighted by Gasteiger charge is -2.27. The van der Waals surface area contributed by atoms with E-state index in [0.29, 0.717) is 5.69 Å². The average Bonchev–Trinajstić information content (AvgIpc) is 2.98. The fourth-order valence-corrected chi connectivity index (χ4v) is 5.57. The molecule has 5 aromatic carbocycles. The number of phenolic OH excluding ortho intramolecular Hbond substituents is 2. The molecule has 0 unspecified atom stereocenters. The minimum absolute atomic E-state index is 0.0215. The molecule has 4 heteroatoms. The van der Waals surface area contributed by atoms with Gasteiger partial charge in [0.25, 0.3) is 0 Å². The molecule has 1 heterocycles. The van der Waals surface area contributed by atoms with Gasteiger partial charge in [0.05, 0.1) is 5.69 Å². The van der Waals surface area contributed by atoms with Crippen molar-refractivity contribution in [2.24, 2.45) is 0 Å². The number of rotatable bonds is 5. The van der Waals surface area contributed by atoms with Crippen LogP contribution in [0.3, 0.4) is 0 Å². The molecule has 1 aliphatic heterocycles. The lowest BCUT2D eigenvalue weighted by molar-refractivity contribution is 0.451. The first-order valence-electron chi connectivity index (χ1n) is 12.4. The highest BCUT2D eigenvalue weighted by Crippen LogP contribution is 2.45. The molecule has 0 bridgehead atoms. The van der Waals surface area contributed by atoms with Crippen LogP contribution in [0.25, 0.3) is 32.7 Å². The van der Waals surface area contributed by atoms with Gasteiger partial charge in [-0.15, -0.1) is 0 Å². The van der Waals surface area contributed by atoms with Gasteiger partial charge in [-0.25, -0.2) is 0 Å². The molecule has 0 aromatic heterocycles. The molecular weight excluding hydrogens is 486 g/mol. The van der Waals surface area contributed by atoms with Gasteiger partial charge in [-0.05, 0) is 63.5 Å². The van der Waals surface area contributed by atoms with Crippen LogP contribution in [0.2, 0.25) is 0 Å². The van der Waals surface area contributed by atoms with Gasteiger partial charge < -0.3 is 10.2 Å². The zero-order valence-electron chi connectivity index (χ0n) is 20.5. The molecule has 2 N–H and O–H groups in total. The molecule has 38 heavy (non-hydrogen) atoms. The summed E-state index contributed by atoms with van der Waals surface area (Å²) in [5.74, 6) is 0.0504. The van der Waals surface area contributed by atoms with E-state index in [1.54, 1.807) is 12.1 Å². The van der Waals surface area contributed by atoms with Crippen molar-refractivity contribution in [2.75, 3.05) is 4.31 Å². The molecule has 184 valence electrons. The quantitative estimate of drug-likeness (QED) is 0.231. The van der Waals surface area contributed by atoms with Crippen molar-refractivity contribution in [3.63, 3.8) is 0 Å². The molecule has 0 spiro atoms. The number of allylic oxidation sites excluding steroid dienone is 2. The van der Waals surface area contributed by atoms with E-state index in [2.05, 4.69) is 78.9 Å². The third kappa shape index (κ3) is 4.95. The van der Waals surface area contributed by atoms with Crippen LogP contribution >= 0.6 is 11.9 Å². The van der Waals surface area contributed by atoms with Crippen LogP contribution in [0.4, 0.5) is 5.69 Å². The second kappa shape index (κ2) is 10.4. The zero-order chi connectivity index (χ0) is 25.9. The van der Waals surface area contributed by atoms with Gasteiger partial charge in [0.15, 0.2) is 0 Å². The molecule has 0 atom stereocenters. The minimum atomic E-state index is 0.0215. The van der Waals surface area contributed by atoms with E-state index in [0.717, 1.165) is 32.7 Å². The van der Waals surface area contributed by atoms with E-state index in [1.165, 1.54) is 29.1 Å². The fraction of sp³-hybridized carbons (Fsp3) is 0. The Morgan fingerprint density at radius 3 is 1.55 bits per heavy atom. The number of hydrogen-bond donors (Lipinski definition) is 2. The van der Waals surface area contributed by atoms with Gasteiger partial charge in [-0.2, -0.15) is 0 Å². The average molecular weight is 512 g/mol. The summed E-state index contributed by atoms with van der Waals surface area (Å²) in [4.78, 5) is 1.06. The van der Waals surface area contributed by atoms with Crippen LogP contribution in [0.1, 0.15) is 11.1 Å². The summed E-state index contributed by atoms with van der Waals surface area (Å²) in [7, 11) is 0. The third-order valence-corrected chi connectivity index (χ3v) is 7.59. The van der Waals surface area contributed by atoms with Crippen molar-refractivity contribution >= 4 is 28.1 Å². The lowest BCUT2D eigenvalue weighted by Crippen LogP contribution is -2.10. The number of benzene rings is 5. The van der Waals surface area contributed by atoms with Crippen LogP contribution in [0.5, 0.6) is 11.5 Å². The minimum Gasteiger partial charge on any atom is -0.508 e. The van der Waals surface area contributed by atoms with Crippen molar-refractivity contribution < 1.29 is 10.2 Å². The Bertz CT molecular complexity index is 1620. The predicted octanol–water partition coefficient (Wildman–Crippen LogP) is 8.98. The summed E-state index contributed by atoms with van der Waals surface area (Å²) in [6, 6.07) is 42.4. The molecule has 6 rings (SSSR count). The van der Waals surface area contributed by atoms with Gasteiger partial charge in [-0.3, -0.25) is 4.31 Å². The third-order valence-electron chi connectivity index (χ3n) is 6.54. The summed E-state index contributed by atoms with van der Waals surface area (Å²) in [5.41, 5.74) is 8.48. The summed E-state index contributed by atoms with van der Waals surface area (Å²) in [6.07, 6.45) is 4.21. The largest absolute Gasteiger partial charge is 0.508 e. The summed E-state index contributed by atoms with van der Waals surface area (Å²) < 4.78 is 1.95. The van der Waals surface area contributed by atoms with E-state index in [9.17, 15) is 10.2 Å². The first-order valence-corrected chi connectivity index (χ1v) is 13.2. The van der Waals surface area contributed by atoms with E-state index in [1.807, 2.05) is 46.9 Å². The van der Waals surface area contributed by atoms with Gasteiger partial charge >= 0.3 is 0 Å². The van der Waals surface area contributed by atoms with Crippen molar-refractivity contribution in [3.8, 4) is 33.8 Å². The molecule has 1 aliphatic rings. The Labute approximate surface area is 226 Å². The molecule has 5 aromatic rings. The number of phenols is 2. The van der Waals surface area contributed by atoms with E-state index in [-0.39, 0.29) is 11.5 Å². The van der Waals surface area contributed by atoms with Gasteiger partial charge in [0, 0.05) is 22.7 Å². The normalized spacial score (nSPS) is 13.1. The Kier molecular flexibility index (Phi) is 6.47. The Morgan fingerprint density at radius 2 is 1.00 bits per heavy atom. The molecule has 0 fully saturated rings. The molecule has 3 nitrogen and oxygen atoms in total. The summed E-state index contributed by atoms with van der Waals surface area (Å²) in [5, 5.41) is 20.4. The van der Waals surface area contributed by atoms with Gasteiger partial charge in [0.1, 0.15) is 11.5 Å². The lowest BCUT2D eigenvalue weighted by atomic mass is 9.99. The topological polar surface area (TPSA) is 43.7 Å². The number of aromatic hydroxyl groups is 2. The molecule has 0 aliphatic carbocycles. The molecule has 0 amide bonds. The van der Waals surface area contributed by atoms with Crippen molar-refractivity contribution in [2.45, 2.75) is 0 Å². The fourth-order valence-electron chi connectivity index (χ4n) is 4.52. The van der Waals surface area contributed by atoms with Crippen LogP contribution in [0, 0.1) is 0 Å². The zero-order valence-corrected chi connectivity index (χ0v) is 21.3. The van der Waals surface area contributed by atoms with Crippen molar-refractivity contribution in [1.82, 2.24) is 0 Å². The maximum atomic E-state index is 10.6. The van der Waals surface area contributed by atoms with Crippen LogP contribution < -0.4 is 4.31 Å². The Balaban J connectivity index is 1.38. The maximum Gasteiger partial charge on any atom is 0.143 e. The SMILES string of the molecule is Oc1ccc(N2C=C(c3ccc(-c4ccccc4)cc3)C=C(c3ccc(-c4ccccc4)cc3)S2)c(O)c1. The highest BCUT2D eigenvalue weighted by molar-refractivity contribution is 8.09. The predicted molar refractivity (Wildman–Crippen MR) is 160 cm³/mol. The maximum absolute atomic E-state index is 10.6. The molecule has 0 saturated carbocycles. The van der Waals surface area contributed by atoms with E-state index < -0.39 is 0 Å². The van der Waals surface area contributed by atoms with E-state index >= 15 is 0 Å². The first kappa shape index (κ1) is 23.7. The Morgan fingerprint density at radius 1 is 0.500 bits per heavy atom. The number of anilines is 1. The second-order valence-corrected chi connectivity index (χ2v) is 10.1. The molecule has 0 saturated heterocycles. The summed E-state index contributed by atoms with van der Waals surface area (Å²) in [6.45, 7) is 0. The standard InChI is InChI=1S/C34H25NO2S/c36-31-19-20-32(33(37)22-31)35-23-30(28-13-11-26(12-14-28)24-7-3-1-4-8-24)21-34(38-35)29-17-15-27(16-18-29)25-9-5-2-6-10-25/h1-23,36-37H. The Hall–Kier alpha value is -4.67. The molecular formula is C34H25NO2S. The van der Waals surface area contributed by atoms with E-state index in [4.69, 9.17) is 0 Å². The van der Waals surface area contributed by atoms with Crippen molar-refractivity contribution in [1.29, 1.82) is 0 Å². The second-order valence-electron chi connectivity index (χ2n) is 9.07. The van der Waals surface area contributed by atoms with Crippen molar-refractivity contribution in [3.05, 3.63) is 151 Å². The molecule has 0 radical (unpaired) electrons. The van der Waals surface area contributed by atoms with Crippen LogP contribution in [0.15, 0.2) is 140 Å². The summed E-state index contributed by atoms with van der Waals surface area (Å²) >= 11 is 1.53. The number of hydrogen-bond acceptors (Lipinski definition) is 4.